The average Bonchev–Trinajstić information content (AvgIpc) is 2.46. The van der Waals surface area contributed by atoms with Crippen LogP contribution in [0.4, 0.5) is 5.69 Å². The van der Waals surface area contributed by atoms with E-state index in [9.17, 15) is 5.11 Å². The van der Waals surface area contributed by atoms with Crippen molar-refractivity contribution in [1.82, 2.24) is 5.32 Å². The Balaban J connectivity index is 2.80. The molecule has 114 valence electrons. The molecule has 20 heavy (non-hydrogen) atoms. The predicted octanol–water partition coefficient (Wildman–Crippen LogP) is 3.34. The van der Waals surface area contributed by atoms with E-state index in [1.807, 2.05) is 0 Å². The normalized spacial score (nSPS) is 12.7. The quantitative estimate of drug-likeness (QED) is 0.727. The van der Waals surface area contributed by atoms with E-state index in [4.69, 9.17) is 0 Å². The van der Waals surface area contributed by atoms with Gasteiger partial charge in [-0.25, -0.2) is 0 Å². The van der Waals surface area contributed by atoms with Crippen molar-refractivity contribution in [3.63, 3.8) is 0 Å². The topological polar surface area (TPSA) is 35.5 Å². The molecule has 0 saturated carbocycles. The van der Waals surface area contributed by atoms with Gasteiger partial charge in [0.2, 0.25) is 0 Å². The Morgan fingerprint density at radius 2 is 1.80 bits per heavy atom. The third-order valence-corrected chi connectivity index (χ3v) is 3.64. The number of hydrogen-bond donors (Lipinski definition) is 2. The van der Waals surface area contributed by atoms with Crippen LogP contribution in [-0.2, 0) is 0 Å². The second-order valence-electron chi connectivity index (χ2n) is 5.52. The number of aliphatic hydroxyl groups excluding tert-OH is 1. The van der Waals surface area contributed by atoms with Crippen molar-refractivity contribution in [3.05, 3.63) is 29.8 Å². The number of rotatable bonds is 9. The maximum atomic E-state index is 9.17. The van der Waals surface area contributed by atoms with Crippen LogP contribution in [0.15, 0.2) is 24.3 Å². The number of nitrogens with zero attached hydrogens (tertiary/aromatic N) is 1. The van der Waals surface area contributed by atoms with E-state index in [1.54, 1.807) is 0 Å². The number of nitrogens with one attached hydrogen (secondary N) is 1. The summed E-state index contributed by atoms with van der Waals surface area (Å²) in [5, 5.41) is 12.8. The van der Waals surface area contributed by atoms with Crippen molar-refractivity contribution in [2.75, 3.05) is 24.6 Å². The Morgan fingerprint density at radius 1 is 1.15 bits per heavy atom. The Bertz CT molecular complexity index is 362. The van der Waals surface area contributed by atoms with Crippen LogP contribution >= 0.6 is 0 Å². The first-order chi connectivity index (χ1) is 9.63. The second-order valence-corrected chi connectivity index (χ2v) is 5.52. The molecule has 0 amide bonds. The van der Waals surface area contributed by atoms with E-state index in [0.717, 1.165) is 19.4 Å². The fourth-order valence-corrected chi connectivity index (χ4v) is 2.51. The number of hydrogen-bond acceptors (Lipinski definition) is 3. The van der Waals surface area contributed by atoms with Crippen LogP contribution in [-0.4, -0.2) is 30.8 Å². The van der Waals surface area contributed by atoms with Crippen LogP contribution in [0, 0.1) is 0 Å². The van der Waals surface area contributed by atoms with Crippen LogP contribution in [0.2, 0.25) is 0 Å². The van der Waals surface area contributed by atoms with Crippen LogP contribution in [0.1, 0.15) is 52.1 Å². The molecule has 3 nitrogen and oxygen atoms in total. The molecule has 0 aliphatic rings. The molecule has 0 saturated heterocycles. The van der Waals surface area contributed by atoms with E-state index in [0.29, 0.717) is 18.6 Å². The van der Waals surface area contributed by atoms with E-state index < -0.39 is 0 Å². The van der Waals surface area contributed by atoms with Crippen molar-refractivity contribution in [2.24, 2.45) is 0 Å². The van der Waals surface area contributed by atoms with Crippen molar-refractivity contribution in [3.8, 4) is 0 Å². The van der Waals surface area contributed by atoms with Crippen LogP contribution < -0.4 is 10.2 Å². The summed E-state index contributed by atoms with van der Waals surface area (Å²) in [6.07, 6.45) is 2.26. The van der Waals surface area contributed by atoms with Crippen LogP contribution in [0.25, 0.3) is 0 Å². The van der Waals surface area contributed by atoms with Gasteiger partial charge in [-0.05, 0) is 50.9 Å². The minimum atomic E-state index is 0.190. The summed E-state index contributed by atoms with van der Waals surface area (Å²) in [7, 11) is 0. The van der Waals surface area contributed by atoms with Gasteiger partial charge in [0.05, 0.1) is 6.61 Å². The van der Waals surface area contributed by atoms with Gasteiger partial charge >= 0.3 is 0 Å². The summed E-state index contributed by atoms with van der Waals surface area (Å²) >= 11 is 0. The highest BCUT2D eigenvalue weighted by atomic mass is 16.3. The highest BCUT2D eigenvalue weighted by Crippen LogP contribution is 2.22. The maximum Gasteiger partial charge on any atom is 0.0606 e. The van der Waals surface area contributed by atoms with Crippen molar-refractivity contribution in [1.29, 1.82) is 0 Å². The molecule has 3 heteroatoms. The highest BCUT2D eigenvalue weighted by Gasteiger charge is 2.12. The van der Waals surface area contributed by atoms with Crippen molar-refractivity contribution in [2.45, 2.75) is 52.6 Å². The molecule has 1 unspecified atom stereocenters. The minimum Gasteiger partial charge on any atom is -0.395 e. The number of benzene rings is 1. The Hall–Kier alpha value is -1.06. The fourth-order valence-electron chi connectivity index (χ4n) is 2.51. The van der Waals surface area contributed by atoms with Crippen LogP contribution in [0.5, 0.6) is 0 Å². The molecule has 1 aromatic carbocycles. The van der Waals surface area contributed by atoms with Gasteiger partial charge < -0.3 is 15.3 Å². The molecule has 1 atom stereocenters. The maximum absolute atomic E-state index is 9.17. The van der Waals surface area contributed by atoms with Gasteiger partial charge in [-0.15, -0.1) is 0 Å². The molecule has 2 N–H and O–H groups in total. The minimum absolute atomic E-state index is 0.190. The lowest BCUT2D eigenvalue weighted by Gasteiger charge is -2.28. The van der Waals surface area contributed by atoms with Crippen LogP contribution in [0.3, 0.4) is 0 Å². The lowest BCUT2D eigenvalue weighted by atomic mass is 10.0. The van der Waals surface area contributed by atoms with Gasteiger partial charge in [0.1, 0.15) is 0 Å². The zero-order valence-electron chi connectivity index (χ0n) is 13.4. The molecule has 1 rings (SSSR count). The van der Waals surface area contributed by atoms with E-state index in [-0.39, 0.29) is 6.61 Å². The largest absolute Gasteiger partial charge is 0.395 e. The summed E-state index contributed by atoms with van der Waals surface area (Å²) in [6, 6.07) is 9.59. The SMILES string of the molecule is CCCNC(CC)c1ccc(N(CCO)C(C)C)cc1. The first-order valence-electron chi connectivity index (χ1n) is 7.84. The molecule has 1 aromatic rings. The summed E-state index contributed by atoms with van der Waals surface area (Å²) < 4.78 is 0. The van der Waals surface area contributed by atoms with E-state index >= 15 is 0 Å². The summed E-state index contributed by atoms with van der Waals surface area (Å²) in [4.78, 5) is 2.23. The van der Waals surface area contributed by atoms with Gasteiger partial charge in [-0.3, -0.25) is 0 Å². The predicted molar refractivity (Wildman–Crippen MR) is 87.3 cm³/mol. The Labute approximate surface area is 124 Å². The Kier molecular flexibility index (Phi) is 7.63. The molecule has 0 spiro atoms. The zero-order chi connectivity index (χ0) is 15.0. The fraction of sp³-hybridized carbons (Fsp3) is 0.647. The molecule has 0 radical (unpaired) electrons. The monoisotopic (exact) mass is 278 g/mol. The van der Waals surface area contributed by atoms with Gasteiger partial charge in [0, 0.05) is 24.3 Å². The Morgan fingerprint density at radius 3 is 2.25 bits per heavy atom. The molecule has 0 aromatic heterocycles. The molecular weight excluding hydrogens is 248 g/mol. The van der Waals surface area contributed by atoms with Crippen molar-refractivity contribution < 1.29 is 5.11 Å². The third kappa shape index (κ3) is 4.80. The standard InChI is InChI=1S/C17H30N2O/c1-5-11-18-17(6-2)15-7-9-16(10-8-15)19(12-13-20)14(3)4/h7-10,14,17-18,20H,5-6,11-13H2,1-4H3. The number of aliphatic hydroxyl groups is 1. The van der Waals surface area contributed by atoms with Gasteiger partial charge in [0.15, 0.2) is 0 Å². The average molecular weight is 278 g/mol. The first-order valence-corrected chi connectivity index (χ1v) is 7.84. The first kappa shape index (κ1) is 17.0. The summed E-state index contributed by atoms with van der Waals surface area (Å²) in [5.74, 6) is 0. The zero-order valence-corrected chi connectivity index (χ0v) is 13.4. The van der Waals surface area contributed by atoms with E-state index in [1.165, 1.54) is 11.3 Å². The molecule has 0 aliphatic heterocycles. The summed E-state index contributed by atoms with van der Waals surface area (Å²) in [5.41, 5.74) is 2.53. The van der Waals surface area contributed by atoms with Gasteiger partial charge in [-0.1, -0.05) is 26.0 Å². The lowest BCUT2D eigenvalue weighted by molar-refractivity contribution is 0.299. The third-order valence-electron chi connectivity index (χ3n) is 3.64. The second kappa shape index (κ2) is 8.98. The van der Waals surface area contributed by atoms with Gasteiger partial charge in [0.25, 0.3) is 0 Å². The lowest BCUT2D eigenvalue weighted by Crippen LogP contribution is -2.33. The number of anilines is 1. The molecule has 0 fully saturated rings. The smallest absolute Gasteiger partial charge is 0.0606 e. The highest BCUT2D eigenvalue weighted by molar-refractivity contribution is 5.48. The molecule has 0 aliphatic carbocycles. The summed E-state index contributed by atoms with van der Waals surface area (Å²) in [6.45, 7) is 10.6. The molecule has 0 heterocycles. The van der Waals surface area contributed by atoms with E-state index in [2.05, 4.69) is 62.2 Å². The molecule has 0 bridgehead atoms. The molecular formula is C17H30N2O. The van der Waals surface area contributed by atoms with Crippen molar-refractivity contribution >= 4 is 5.69 Å². The van der Waals surface area contributed by atoms with Gasteiger partial charge in [-0.2, -0.15) is 0 Å².